The molecule has 0 spiro atoms. The minimum absolute atomic E-state index is 0.0697. The Morgan fingerprint density at radius 3 is 2.26 bits per heavy atom. The number of benzene rings is 3. The molecule has 3 aromatic rings. The van der Waals surface area contributed by atoms with Crippen LogP contribution in [0.2, 0.25) is 5.02 Å². The van der Waals surface area contributed by atoms with E-state index in [0.717, 1.165) is 12.1 Å². The number of halogens is 1. The molecule has 12 heteroatoms. The first-order chi connectivity index (χ1) is 16.2. The van der Waals surface area contributed by atoms with E-state index in [0.29, 0.717) is 0 Å². The molecule has 0 aromatic heterocycles. The summed E-state index contributed by atoms with van der Waals surface area (Å²) in [5, 5.41) is 24.1. The molecule has 0 bridgehead atoms. The van der Waals surface area contributed by atoms with E-state index in [9.17, 15) is 34.6 Å². The summed E-state index contributed by atoms with van der Waals surface area (Å²) in [6, 6.07) is 14.3. The lowest BCUT2D eigenvalue weighted by atomic mass is 9.98. The van der Waals surface area contributed by atoms with Crippen molar-refractivity contribution in [3.05, 3.63) is 109 Å². The molecule has 3 aromatic carbocycles. The second-order valence-electron chi connectivity index (χ2n) is 6.73. The third kappa shape index (κ3) is 5.58. The lowest BCUT2D eigenvalue weighted by Crippen LogP contribution is -2.22. The monoisotopic (exact) mass is 483 g/mol. The van der Waals surface area contributed by atoms with Gasteiger partial charge in [-0.2, -0.15) is 0 Å². The minimum atomic E-state index is -0.985. The molecule has 11 nitrogen and oxygen atoms in total. The summed E-state index contributed by atoms with van der Waals surface area (Å²) in [4.78, 5) is 58.1. The van der Waals surface area contributed by atoms with Crippen LogP contribution in [0.5, 0.6) is 0 Å². The number of rotatable bonds is 8. The van der Waals surface area contributed by atoms with Gasteiger partial charge in [-0.05, 0) is 24.3 Å². The smallest absolute Gasteiger partial charge is 0.339 e. The number of nitro benzene ring substituents is 2. The molecule has 0 atom stereocenters. The van der Waals surface area contributed by atoms with Crippen molar-refractivity contribution in [2.24, 2.45) is 0 Å². The van der Waals surface area contributed by atoms with Crippen molar-refractivity contribution in [3.8, 4) is 0 Å². The Morgan fingerprint density at radius 2 is 1.59 bits per heavy atom. The molecular formula is C22H14ClN3O8. The number of hydrogen-bond acceptors (Lipinski definition) is 8. The Balaban J connectivity index is 1.73. The zero-order valence-corrected chi connectivity index (χ0v) is 17.9. The van der Waals surface area contributed by atoms with Crippen LogP contribution in [0.1, 0.15) is 26.3 Å². The molecule has 0 aliphatic heterocycles. The highest BCUT2D eigenvalue weighted by atomic mass is 35.5. The van der Waals surface area contributed by atoms with Crippen LogP contribution < -0.4 is 5.32 Å². The van der Waals surface area contributed by atoms with Gasteiger partial charge in [-0.15, -0.1) is 0 Å². The lowest BCUT2D eigenvalue weighted by Gasteiger charge is -2.10. The van der Waals surface area contributed by atoms with E-state index in [1.807, 2.05) is 0 Å². The molecule has 0 unspecified atom stereocenters. The van der Waals surface area contributed by atoms with E-state index in [4.69, 9.17) is 16.3 Å². The summed E-state index contributed by atoms with van der Waals surface area (Å²) in [6.07, 6.45) is 0. The first-order valence-electron chi connectivity index (χ1n) is 9.46. The first kappa shape index (κ1) is 24.0. The highest BCUT2D eigenvalue weighted by molar-refractivity contribution is 6.33. The third-order valence-electron chi connectivity index (χ3n) is 4.47. The number of anilines is 1. The van der Waals surface area contributed by atoms with Crippen LogP contribution in [0.15, 0.2) is 66.7 Å². The largest absolute Gasteiger partial charge is 0.452 e. The maximum Gasteiger partial charge on any atom is 0.339 e. The fraction of sp³-hybridized carbons (Fsp3) is 0.0455. The summed E-state index contributed by atoms with van der Waals surface area (Å²) in [5.74, 6) is -2.43. The number of nitro groups is 2. The molecule has 34 heavy (non-hydrogen) atoms. The molecule has 3 rings (SSSR count). The SMILES string of the molecule is O=C(COC(=O)c1ccccc1C(=O)c1ccc(Cl)c([N+](=O)[O-])c1)Nc1cccc([N+](=O)[O-])c1. The summed E-state index contributed by atoms with van der Waals surface area (Å²) in [7, 11) is 0. The van der Waals surface area contributed by atoms with E-state index in [-0.39, 0.29) is 33.1 Å². The van der Waals surface area contributed by atoms with E-state index >= 15 is 0 Å². The van der Waals surface area contributed by atoms with Crippen molar-refractivity contribution in [2.45, 2.75) is 0 Å². The first-order valence-corrected chi connectivity index (χ1v) is 9.84. The number of carbonyl (C=O) groups is 3. The van der Waals surface area contributed by atoms with Crippen LogP contribution in [0.3, 0.4) is 0 Å². The lowest BCUT2D eigenvalue weighted by molar-refractivity contribution is -0.384. The zero-order valence-electron chi connectivity index (χ0n) is 17.1. The molecule has 0 heterocycles. The number of carbonyl (C=O) groups excluding carboxylic acids is 3. The van der Waals surface area contributed by atoms with Gasteiger partial charge in [-0.1, -0.05) is 35.9 Å². The van der Waals surface area contributed by atoms with Crippen molar-refractivity contribution >= 4 is 46.3 Å². The van der Waals surface area contributed by atoms with Gasteiger partial charge in [0.1, 0.15) is 5.02 Å². The Kier molecular flexibility index (Phi) is 7.29. The van der Waals surface area contributed by atoms with E-state index in [2.05, 4.69) is 5.32 Å². The van der Waals surface area contributed by atoms with Crippen molar-refractivity contribution in [2.75, 3.05) is 11.9 Å². The number of amides is 1. The van der Waals surface area contributed by atoms with Crippen LogP contribution >= 0.6 is 11.6 Å². The number of hydrogen-bond donors (Lipinski definition) is 1. The molecule has 0 aliphatic carbocycles. The molecule has 1 N–H and O–H groups in total. The van der Waals surface area contributed by atoms with Gasteiger partial charge < -0.3 is 10.1 Å². The summed E-state index contributed by atoms with van der Waals surface area (Å²) >= 11 is 5.78. The van der Waals surface area contributed by atoms with Crippen molar-refractivity contribution in [3.63, 3.8) is 0 Å². The maximum absolute atomic E-state index is 12.9. The fourth-order valence-corrected chi connectivity index (χ4v) is 3.10. The van der Waals surface area contributed by atoms with Gasteiger partial charge in [0.15, 0.2) is 12.4 Å². The van der Waals surface area contributed by atoms with Crippen LogP contribution in [-0.4, -0.2) is 34.1 Å². The second kappa shape index (κ2) is 10.3. The number of esters is 1. The Labute approximate surface area is 196 Å². The number of ketones is 1. The van der Waals surface area contributed by atoms with Crippen LogP contribution in [0.25, 0.3) is 0 Å². The van der Waals surface area contributed by atoms with Gasteiger partial charge >= 0.3 is 5.97 Å². The molecule has 0 saturated heterocycles. The van der Waals surface area contributed by atoms with Gasteiger partial charge in [0.05, 0.1) is 15.4 Å². The number of ether oxygens (including phenoxy) is 1. The number of nitrogens with zero attached hydrogens (tertiary/aromatic N) is 2. The van der Waals surface area contributed by atoms with Crippen molar-refractivity contribution < 1.29 is 29.0 Å². The Hall–Kier alpha value is -4.64. The van der Waals surface area contributed by atoms with Crippen LogP contribution in [-0.2, 0) is 9.53 Å². The predicted octanol–water partition coefficient (Wildman–Crippen LogP) is 4.18. The third-order valence-corrected chi connectivity index (χ3v) is 4.79. The van der Waals surface area contributed by atoms with Gasteiger partial charge in [0.2, 0.25) is 0 Å². The summed E-state index contributed by atoms with van der Waals surface area (Å²) in [5.41, 5.74) is -0.888. The number of non-ortho nitro benzene ring substituents is 1. The standard InChI is InChI=1S/C22H14ClN3O8/c23-18-9-8-13(10-19(18)26(32)33)21(28)16-6-1-2-7-17(16)22(29)34-12-20(27)24-14-4-3-5-15(11-14)25(30)31/h1-11H,12H2,(H,24,27). The fourth-order valence-electron chi connectivity index (χ4n) is 2.91. The second-order valence-corrected chi connectivity index (χ2v) is 7.14. The molecule has 0 fully saturated rings. The molecule has 0 aliphatic rings. The normalized spacial score (nSPS) is 10.3. The van der Waals surface area contributed by atoms with E-state index in [1.165, 1.54) is 54.6 Å². The molecule has 0 radical (unpaired) electrons. The Bertz CT molecular complexity index is 1330. The number of nitrogens with one attached hydrogen (secondary N) is 1. The topological polar surface area (TPSA) is 159 Å². The van der Waals surface area contributed by atoms with Crippen LogP contribution in [0.4, 0.5) is 17.1 Å². The van der Waals surface area contributed by atoms with Crippen molar-refractivity contribution in [1.29, 1.82) is 0 Å². The minimum Gasteiger partial charge on any atom is -0.452 e. The summed E-state index contributed by atoms with van der Waals surface area (Å²) in [6.45, 7) is -0.726. The van der Waals surface area contributed by atoms with E-state index in [1.54, 1.807) is 0 Å². The van der Waals surface area contributed by atoms with Crippen LogP contribution in [0, 0.1) is 20.2 Å². The molecule has 1 amide bonds. The quantitative estimate of drug-likeness (QED) is 0.216. The molecular weight excluding hydrogens is 470 g/mol. The molecule has 0 saturated carbocycles. The summed E-state index contributed by atoms with van der Waals surface area (Å²) < 4.78 is 4.98. The van der Waals surface area contributed by atoms with Crippen molar-refractivity contribution in [1.82, 2.24) is 0 Å². The maximum atomic E-state index is 12.9. The zero-order chi connectivity index (χ0) is 24.8. The van der Waals surface area contributed by atoms with Gasteiger partial charge in [-0.25, -0.2) is 4.79 Å². The Morgan fingerprint density at radius 1 is 0.882 bits per heavy atom. The average Bonchev–Trinajstić information content (AvgIpc) is 2.82. The highest BCUT2D eigenvalue weighted by Crippen LogP contribution is 2.27. The predicted molar refractivity (Wildman–Crippen MR) is 120 cm³/mol. The highest BCUT2D eigenvalue weighted by Gasteiger charge is 2.22. The van der Waals surface area contributed by atoms with Gasteiger partial charge in [-0.3, -0.25) is 29.8 Å². The average molecular weight is 484 g/mol. The molecule has 172 valence electrons. The van der Waals surface area contributed by atoms with Gasteiger partial charge in [0.25, 0.3) is 17.3 Å². The van der Waals surface area contributed by atoms with Gasteiger partial charge in [0, 0.05) is 35.0 Å². The van der Waals surface area contributed by atoms with E-state index < -0.39 is 39.8 Å².